The van der Waals surface area contributed by atoms with Gasteiger partial charge in [0.2, 0.25) is 11.5 Å². The molecule has 0 aliphatic heterocycles. The topological polar surface area (TPSA) is 191 Å². The highest BCUT2D eigenvalue weighted by atomic mass is 32.2. The maximum Gasteiger partial charge on any atom is 0.513 e. The monoisotopic (exact) mass is 484 g/mol. The number of methoxy groups -OCH3 is 2. The molecule has 2 aromatic carbocycles. The van der Waals surface area contributed by atoms with E-state index in [0.717, 1.165) is 38.5 Å². The molecule has 33 heavy (non-hydrogen) atoms. The summed E-state index contributed by atoms with van der Waals surface area (Å²) in [6, 6.07) is 6.35. The van der Waals surface area contributed by atoms with E-state index in [9.17, 15) is 38.2 Å². The van der Waals surface area contributed by atoms with Crippen LogP contribution < -0.4 is 9.47 Å². The quantitative estimate of drug-likeness (QED) is 0.231. The van der Waals surface area contributed by atoms with Crippen LogP contribution in [0, 0.1) is 20.2 Å². The number of nitrogens with zero attached hydrogens (tertiary/aromatic N) is 2. The Kier molecular flexibility index (Phi) is 7.85. The molecule has 2 rings (SSSR count). The largest absolute Gasteiger partial charge is 0.513 e. The summed E-state index contributed by atoms with van der Waals surface area (Å²) < 4.78 is 43.0. The zero-order valence-corrected chi connectivity index (χ0v) is 17.9. The van der Waals surface area contributed by atoms with Gasteiger partial charge in [-0.25, -0.2) is 18.0 Å². The van der Waals surface area contributed by atoms with Gasteiger partial charge in [-0.15, -0.1) is 0 Å². The molecule has 0 bridgehead atoms. The molecule has 0 N–H and O–H groups in total. The highest BCUT2D eigenvalue weighted by Crippen LogP contribution is 2.31. The van der Waals surface area contributed by atoms with Crippen molar-refractivity contribution >= 4 is 33.5 Å². The van der Waals surface area contributed by atoms with Gasteiger partial charge in [0.15, 0.2) is 9.84 Å². The van der Waals surface area contributed by atoms with Gasteiger partial charge in [-0.3, -0.25) is 20.2 Å². The highest BCUT2D eigenvalue weighted by Gasteiger charge is 2.24. The Bertz CT molecular complexity index is 1120. The highest BCUT2D eigenvalue weighted by molar-refractivity contribution is 7.89. The number of nitro groups is 2. The molecule has 0 saturated heterocycles. The van der Waals surface area contributed by atoms with Gasteiger partial charge in [-0.1, -0.05) is 12.1 Å². The second kappa shape index (κ2) is 10.4. The summed E-state index contributed by atoms with van der Waals surface area (Å²) >= 11 is 0. The Morgan fingerprint density at radius 1 is 0.788 bits per heavy atom. The molecular weight excluding hydrogens is 468 g/mol. The lowest BCUT2D eigenvalue weighted by molar-refractivity contribution is -0.385. The Morgan fingerprint density at radius 2 is 1.15 bits per heavy atom. The normalized spacial score (nSPS) is 10.7. The van der Waals surface area contributed by atoms with Crippen molar-refractivity contribution in [2.75, 3.05) is 14.2 Å². The van der Waals surface area contributed by atoms with E-state index in [0.29, 0.717) is 0 Å². The van der Waals surface area contributed by atoms with Crippen molar-refractivity contribution in [3.63, 3.8) is 0 Å². The van der Waals surface area contributed by atoms with Crippen molar-refractivity contribution in [1.82, 2.24) is 0 Å². The number of benzene rings is 2. The number of ether oxygens (including phenoxy) is 4. The first kappa shape index (κ1) is 25.0. The number of rotatable bonds is 8. The maximum absolute atomic E-state index is 12.6. The molecule has 0 aliphatic rings. The van der Waals surface area contributed by atoms with Crippen LogP contribution in [0.1, 0.15) is 11.1 Å². The molecule has 0 atom stereocenters. The SMILES string of the molecule is COC(=O)Oc1ccc(CS(=O)(=O)Cc2ccc(OC(=O)OC)c([N+](=O)[O-])c2)cc1[N+](=O)[O-]. The summed E-state index contributed by atoms with van der Waals surface area (Å²) in [6.45, 7) is 0. The van der Waals surface area contributed by atoms with Gasteiger partial charge >= 0.3 is 23.7 Å². The van der Waals surface area contributed by atoms with Gasteiger partial charge in [-0.2, -0.15) is 0 Å². The number of hydrogen-bond donors (Lipinski definition) is 0. The van der Waals surface area contributed by atoms with Gasteiger partial charge in [-0.05, 0) is 23.3 Å². The van der Waals surface area contributed by atoms with Gasteiger partial charge < -0.3 is 18.9 Å². The lowest BCUT2D eigenvalue weighted by Crippen LogP contribution is -2.11. The van der Waals surface area contributed by atoms with Crippen LogP contribution in [0.4, 0.5) is 21.0 Å². The third kappa shape index (κ3) is 6.86. The average Bonchev–Trinajstić information content (AvgIpc) is 2.74. The van der Waals surface area contributed by atoms with Gasteiger partial charge in [0, 0.05) is 12.1 Å². The molecule has 0 heterocycles. The van der Waals surface area contributed by atoms with Crippen molar-refractivity contribution in [1.29, 1.82) is 0 Å². The average molecular weight is 484 g/mol. The zero-order valence-electron chi connectivity index (χ0n) is 17.1. The molecule has 14 nitrogen and oxygen atoms in total. The van der Waals surface area contributed by atoms with Crippen LogP contribution in [0.3, 0.4) is 0 Å². The molecule has 0 spiro atoms. The van der Waals surface area contributed by atoms with Gasteiger partial charge in [0.05, 0.1) is 35.6 Å². The smallest absolute Gasteiger partial charge is 0.437 e. The minimum absolute atomic E-state index is 0.0130. The summed E-state index contributed by atoms with van der Waals surface area (Å²) in [5.41, 5.74) is -1.29. The van der Waals surface area contributed by atoms with Crippen LogP contribution in [0.25, 0.3) is 0 Å². The third-order valence-corrected chi connectivity index (χ3v) is 5.48. The fourth-order valence-electron chi connectivity index (χ4n) is 2.59. The predicted molar refractivity (Wildman–Crippen MR) is 109 cm³/mol. The van der Waals surface area contributed by atoms with Gasteiger partial charge in [0.1, 0.15) is 0 Å². The van der Waals surface area contributed by atoms with Crippen molar-refractivity contribution in [3.05, 3.63) is 67.8 Å². The molecule has 0 aromatic heterocycles. The van der Waals surface area contributed by atoms with Gasteiger partial charge in [0.25, 0.3) is 0 Å². The lowest BCUT2D eigenvalue weighted by Gasteiger charge is -2.09. The Balaban J connectivity index is 2.27. The number of sulfone groups is 1. The van der Waals surface area contributed by atoms with Crippen LogP contribution in [-0.2, 0) is 30.8 Å². The van der Waals surface area contributed by atoms with Crippen molar-refractivity contribution in [2.24, 2.45) is 0 Å². The molecule has 0 radical (unpaired) electrons. The number of hydrogen-bond acceptors (Lipinski definition) is 12. The van der Waals surface area contributed by atoms with E-state index in [2.05, 4.69) is 18.9 Å². The number of nitro benzene ring substituents is 2. The summed E-state index contributed by atoms with van der Waals surface area (Å²) in [5, 5.41) is 22.5. The van der Waals surface area contributed by atoms with Crippen LogP contribution in [0.2, 0.25) is 0 Å². The minimum atomic E-state index is -3.96. The zero-order chi connectivity index (χ0) is 24.8. The van der Waals surface area contributed by atoms with E-state index in [1.165, 1.54) is 12.1 Å². The molecule has 0 unspecified atom stereocenters. The van der Waals surface area contributed by atoms with Crippen LogP contribution in [0.5, 0.6) is 11.5 Å². The van der Waals surface area contributed by atoms with Crippen LogP contribution in [0.15, 0.2) is 36.4 Å². The maximum atomic E-state index is 12.6. The Labute approximate surface area is 185 Å². The molecule has 0 aliphatic carbocycles. The van der Waals surface area contributed by atoms with E-state index in [-0.39, 0.29) is 11.1 Å². The van der Waals surface area contributed by atoms with E-state index in [1.807, 2.05) is 0 Å². The fourth-order valence-corrected chi connectivity index (χ4v) is 4.06. The molecule has 2 aromatic rings. The number of carbonyl (C=O) groups is 2. The summed E-state index contributed by atoms with van der Waals surface area (Å²) in [5.74, 6) is -2.18. The summed E-state index contributed by atoms with van der Waals surface area (Å²) in [6.07, 6.45) is -2.39. The van der Waals surface area contributed by atoms with E-state index in [1.54, 1.807) is 0 Å². The molecular formula is C18H16N2O12S. The first-order chi connectivity index (χ1) is 15.5. The molecule has 0 amide bonds. The van der Waals surface area contributed by atoms with Crippen LogP contribution >= 0.6 is 0 Å². The minimum Gasteiger partial charge on any atom is -0.437 e. The predicted octanol–water partition coefficient (Wildman–Crippen LogP) is 2.91. The van der Waals surface area contributed by atoms with Crippen molar-refractivity contribution in [2.45, 2.75) is 11.5 Å². The lowest BCUT2D eigenvalue weighted by atomic mass is 10.2. The Hall–Kier alpha value is -4.27. The number of carbonyl (C=O) groups excluding carboxylic acids is 2. The van der Waals surface area contributed by atoms with E-state index < -0.39 is 66.4 Å². The molecule has 15 heteroatoms. The van der Waals surface area contributed by atoms with E-state index in [4.69, 9.17) is 0 Å². The van der Waals surface area contributed by atoms with E-state index >= 15 is 0 Å². The standard InChI is InChI=1S/C18H16N2O12S/c1-29-17(21)31-15-5-3-11(7-13(15)19(23)24)9-33(27,28)10-12-4-6-16(32-18(22)30-2)14(8-12)20(25)26/h3-8H,9-10H2,1-2H3. The molecule has 0 saturated carbocycles. The third-order valence-electron chi connectivity index (χ3n) is 3.93. The summed E-state index contributed by atoms with van der Waals surface area (Å²) in [4.78, 5) is 43.2. The molecule has 0 fully saturated rings. The first-order valence-corrected chi connectivity index (χ1v) is 10.5. The second-order valence-corrected chi connectivity index (χ2v) is 8.33. The molecule has 176 valence electrons. The second-order valence-electron chi connectivity index (χ2n) is 6.26. The first-order valence-electron chi connectivity index (χ1n) is 8.72. The summed E-state index contributed by atoms with van der Waals surface area (Å²) in [7, 11) is -1.95. The Morgan fingerprint density at radius 3 is 1.45 bits per heavy atom. The fraction of sp³-hybridized carbons (Fsp3) is 0.222. The van der Waals surface area contributed by atoms with Crippen molar-refractivity contribution < 1.29 is 46.8 Å². The van der Waals surface area contributed by atoms with Crippen molar-refractivity contribution in [3.8, 4) is 11.5 Å². The van der Waals surface area contributed by atoms with Crippen LogP contribution in [-0.4, -0.2) is 44.8 Å².